The van der Waals surface area contributed by atoms with Crippen molar-refractivity contribution in [2.24, 2.45) is 4.99 Å². The lowest BCUT2D eigenvalue weighted by Crippen LogP contribution is -2.28. The van der Waals surface area contributed by atoms with Gasteiger partial charge in [0.2, 0.25) is 15.9 Å². The van der Waals surface area contributed by atoms with Crippen LogP contribution in [0.4, 0.5) is 13.2 Å². The van der Waals surface area contributed by atoms with E-state index < -0.39 is 36.7 Å². The minimum atomic E-state index is -4.74. The van der Waals surface area contributed by atoms with Gasteiger partial charge in [-0.2, -0.15) is 17.5 Å². The van der Waals surface area contributed by atoms with E-state index in [0.717, 1.165) is 34.4 Å². The molecule has 0 fully saturated rings. The van der Waals surface area contributed by atoms with Gasteiger partial charge in [0.25, 0.3) is 0 Å². The van der Waals surface area contributed by atoms with Crippen LogP contribution in [0.25, 0.3) is 0 Å². The second-order valence-electron chi connectivity index (χ2n) is 8.00. The number of benzene rings is 2. The molecule has 1 amide bonds. The number of hydrogen-bond donors (Lipinski definition) is 1. The maximum absolute atomic E-state index is 12.9. The molecule has 194 valence electrons. The summed E-state index contributed by atoms with van der Waals surface area (Å²) in [4.78, 5) is 17.6. The van der Waals surface area contributed by atoms with E-state index in [0.29, 0.717) is 18.7 Å². The lowest BCUT2D eigenvalue weighted by atomic mass is 10.1. The monoisotopic (exact) mass is 562 g/mol. The van der Waals surface area contributed by atoms with Crippen molar-refractivity contribution >= 4 is 45.0 Å². The minimum absolute atomic E-state index is 0.237. The zero-order valence-electron chi connectivity index (χ0n) is 19.3. The second-order valence-corrected chi connectivity index (χ2v) is 10.8. The van der Waals surface area contributed by atoms with E-state index in [2.05, 4.69) is 10.3 Å². The molecular formula is C23H23Cl2F3N4O3S. The van der Waals surface area contributed by atoms with E-state index in [1.54, 1.807) is 7.05 Å². The molecule has 2 aromatic carbocycles. The van der Waals surface area contributed by atoms with Gasteiger partial charge in [-0.05, 0) is 17.7 Å². The van der Waals surface area contributed by atoms with Crippen molar-refractivity contribution in [3.05, 3.63) is 75.3 Å². The highest BCUT2D eigenvalue weighted by Crippen LogP contribution is 2.38. The molecule has 0 aliphatic carbocycles. The van der Waals surface area contributed by atoms with Crippen molar-refractivity contribution < 1.29 is 26.4 Å². The Balaban J connectivity index is 1.62. The first-order chi connectivity index (χ1) is 16.8. The molecule has 0 unspecified atom stereocenters. The third kappa shape index (κ3) is 6.58. The normalized spacial score (nSPS) is 14.3. The average Bonchev–Trinajstić information content (AvgIpc) is 3.33. The average molecular weight is 563 g/mol. The lowest BCUT2D eigenvalue weighted by Gasteiger charge is -2.19. The Morgan fingerprint density at radius 2 is 1.75 bits per heavy atom. The van der Waals surface area contributed by atoms with Gasteiger partial charge in [-0.1, -0.05) is 53.5 Å². The number of sulfonamides is 1. The highest BCUT2D eigenvalue weighted by molar-refractivity contribution is 7.89. The van der Waals surface area contributed by atoms with E-state index in [4.69, 9.17) is 23.2 Å². The Bertz CT molecular complexity index is 1270. The van der Waals surface area contributed by atoms with Gasteiger partial charge in [-0.25, -0.2) is 8.42 Å². The molecule has 13 heteroatoms. The highest BCUT2D eigenvalue weighted by atomic mass is 35.5. The first-order valence-corrected chi connectivity index (χ1v) is 12.8. The molecule has 1 aliphatic rings. The molecule has 2 aromatic rings. The van der Waals surface area contributed by atoms with Crippen molar-refractivity contribution in [3.63, 3.8) is 0 Å². The molecule has 36 heavy (non-hydrogen) atoms. The van der Waals surface area contributed by atoms with Crippen LogP contribution in [-0.4, -0.2) is 63.1 Å². The number of likely N-dealkylation sites (N-methyl/N-ethyl adjacent to an activating group) is 2. The summed E-state index contributed by atoms with van der Waals surface area (Å²) in [6.45, 7) is 1.64. The zero-order valence-corrected chi connectivity index (χ0v) is 21.6. The number of amidine groups is 1. The van der Waals surface area contributed by atoms with E-state index in [9.17, 15) is 26.4 Å². The molecule has 0 atom stereocenters. The standard InChI is InChI=1S/C23H23Cl2F3N4O3S/c1-31(14-15-5-7-16(8-6-15)22-29-9-10-30-22)20(33)4-3-11-32(2)36(34,35)21-18(24)12-17(13-19(21)25)23(26,27)28/h3-8,12-13H,9-11,14H2,1-2H3,(H,29,30). The van der Waals surface area contributed by atoms with Gasteiger partial charge in [-0.15, -0.1) is 0 Å². The molecule has 0 saturated heterocycles. The van der Waals surface area contributed by atoms with Crippen LogP contribution >= 0.6 is 23.2 Å². The van der Waals surface area contributed by atoms with Crippen LogP contribution in [0, 0.1) is 0 Å². The fourth-order valence-electron chi connectivity index (χ4n) is 3.36. The minimum Gasteiger partial charge on any atom is -0.368 e. The highest BCUT2D eigenvalue weighted by Gasteiger charge is 2.34. The number of nitrogens with zero attached hydrogens (tertiary/aromatic N) is 3. The number of hydrogen-bond acceptors (Lipinski definition) is 5. The summed E-state index contributed by atoms with van der Waals surface area (Å²) < 4.78 is 65.3. The quantitative estimate of drug-likeness (QED) is 0.489. The summed E-state index contributed by atoms with van der Waals surface area (Å²) in [7, 11) is -1.53. The molecule has 7 nitrogen and oxygen atoms in total. The van der Waals surface area contributed by atoms with Gasteiger partial charge in [0.1, 0.15) is 10.7 Å². The SMILES string of the molecule is CN(Cc1ccc(C2=NCCN2)cc1)C(=O)C=CCN(C)S(=O)(=O)c1c(Cl)cc(C(F)(F)F)cc1Cl. The number of nitrogens with one attached hydrogen (secondary N) is 1. The number of carbonyl (C=O) groups is 1. The van der Waals surface area contributed by atoms with Crippen LogP contribution in [0.15, 0.2) is 58.4 Å². The Morgan fingerprint density at radius 3 is 2.28 bits per heavy atom. The summed E-state index contributed by atoms with van der Waals surface area (Å²) in [5.41, 5.74) is 0.696. The zero-order chi connectivity index (χ0) is 26.7. The van der Waals surface area contributed by atoms with Crippen molar-refractivity contribution in [1.29, 1.82) is 0 Å². The molecule has 0 bridgehead atoms. The van der Waals surface area contributed by atoms with Gasteiger partial charge in [0.15, 0.2) is 0 Å². The molecule has 0 saturated carbocycles. The van der Waals surface area contributed by atoms with Crippen molar-refractivity contribution in [3.8, 4) is 0 Å². The van der Waals surface area contributed by atoms with Crippen LogP contribution in [0.3, 0.4) is 0 Å². The molecule has 0 aromatic heterocycles. The smallest absolute Gasteiger partial charge is 0.368 e. The summed E-state index contributed by atoms with van der Waals surface area (Å²) in [6.07, 6.45) is -2.19. The van der Waals surface area contributed by atoms with Crippen molar-refractivity contribution in [2.75, 3.05) is 33.7 Å². The molecule has 0 radical (unpaired) electrons. The molecule has 3 rings (SSSR count). The third-order valence-corrected chi connectivity index (χ3v) is 8.06. The maximum Gasteiger partial charge on any atom is 0.416 e. The summed E-state index contributed by atoms with van der Waals surface area (Å²) in [5.74, 6) is 0.476. The van der Waals surface area contributed by atoms with Gasteiger partial charge < -0.3 is 10.2 Å². The molecular weight excluding hydrogens is 540 g/mol. The second kappa shape index (κ2) is 11.2. The van der Waals surface area contributed by atoms with E-state index in [1.165, 1.54) is 24.1 Å². The molecule has 1 heterocycles. The number of rotatable bonds is 8. The van der Waals surface area contributed by atoms with Crippen molar-refractivity contribution in [2.45, 2.75) is 17.6 Å². The summed E-state index contributed by atoms with van der Waals surface area (Å²) in [6, 6.07) is 8.63. The fourth-order valence-corrected chi connectivity index (χ4v) is 5.64. The van der Waals surface area contributed by atoms with Crippen LogP contribution in [0.5, 0.6) is 0 Å². The molecule has 0 spiro atoms. The van der Waals surface area contributed by atoms with Crippen LogP contribution in [0.1, 0.15) is 16.7 Å². The van der Waals surface area contributed by atoms with E-state index in [-0.39, 0.29) is 12.5 Å². The summed E-state index contributed by atoms with van der Waals surface area (Å²) >= 11 is 11.7. The summed E-state index contributed by atoms with van der Waals surface area (Å²) in [5, 5.41) is 1.89. The predicted molar refractivity (Wildman–Crippen MR) is 133 cm³/mol. The number of aliphatic imine (C=N–C) groups is 1. The van der Waals surface area contributed by atoms with Gasteiger partial charge in [0, 0.05) is 45.4 Å². The Morgan fingerprint density at radius 1 is 1.14 bits per heavy atom. The molecule has 1 N–H and O–H groups in total. The third-order valence-electron chi connectivity index (χ3n) is 5.31. The topological polar surface area (TPSA) is 82.1 Å². The van der Waals surface area contributed by atoms with Gasteiger partial charge >= 0.3 is 6.18 Å². The Kier molecular flexibility index (Phi) is 8.71. The largest absolute Gasteiger partial charge is 0.416 e. The van der Waals surface area contributed by atoms with E-state index in [1.807, 2.05) is 24.3 Å². The maximum atomic E-state index is 12.9. The lowest BCUT2D eigenvalue weighted by molar-refractivity contribution is -0.137. The Labute approximate surface area is 217 Å². The number of alkyl halides is 3. The fraction of sp³-hybridized carbons (Fsp3) is 0.304. The predicted octanol–water partition coefficient (Wildman–Crippen LogP) is 4.20. The van der Waals surface area contributed by atoms with Crippen LogP contribution in [0.2, 0.25) is 10.0 Å². The van der Waals surface area contributed by atoms with Gasteiger partial charge in [-0.3, -0.25) is 9.79 Å². The van der Waals surface area contributed by atoms with E-state index >= 15 is 0 Å². The molecule has 1 aliphatic heterocycles. The van der Waals surface area contributed by atoms with Crippen molar-refractivity contribution in [1.82, 2.24) is 14.5 Å². The van der Waals surface area contributed by atoms with Crippen LogP contribution < -0.4 is 5.32 Å². The van der Waals surface area contributed by atoms with Crippen LogP contribution in [-0.2, 0) is 27.5 Å². The first kappa shape index (κ1) is 28.0. The Hall–Kier alpha value is -2.60. The first-order valence-electron chi connectivity index (χ1n) is 10.6. The number of halogens is 5. The number of carbonyl (C=O) groups excluding carboxylic acids is 1. The number of amides is 1. The van der Waals surface area contributed by atoms with Gasteiger partial charge in [0.05, 0.1) is 22.2 Å².